The number of aryl methyl sites for hydroxylation is 2. The monoisotopic (exact) mass is 621 g/mol. The highest BCUT2D eigenvalue weighted by Crippen LogP contribution is 2.30. The van der Waals surface area contributed by atoms with Gasteiger partial charge in [0.2, 0.25) is 17.8 Å². The van der Waals surface area contributed by atoms with Crippen molar-refractivity contribution in [1.29, 1.82) is 0 Å². The number of ether oxygens (including phenoxy) is 1. The Hall–Kier alpha value is -4.42. The van der Waals surface area contributed by atoms with Gasteiger partial charge in [0.25, 0.3) is 10.0 Å². The number of benzene rings is 2. The fraction of sp³-hybridized carbons (Fsp3) is 0.312. The van der Waals surface area contributed by atoms with E-state index in [2.05, 4.69) is 45.8 Å². The molecular formula is C32H36FN5O5S. The van der Waals surface area contributed by atoms with Gasteiger partial charge in [0, 0.05) is 24.2 Å². The number of hydrogen-bond acceptors (Lipinski definition) is 8. The molecule has 2 aromatic heterocycles. The van der Waals surface area contributed by atoms with Crippen LogP contribution in [0.2, 0.25) is 0 Å². The normalized spacial score (nSPS) is 12.5. The lowest BCUT2D eigenvalue weighted by molar-refractivity contribution is 0.0696. The minimum atomic E-state index is -4.25. The standard InChI is InChI=1S/C32H36FN5O5S/c1-20-9-6-10-21(2)29(20)26-16-28(37-31(36-26)38-44(41,42)25-13-7-11-22(15-25)30(39)40)43-19-24(17-32(3,4)5)34-18-23-12-8-14-27(33)35-23/h6-16,24,34H,17-19H2,1-5H3,(H,39,40)(H,36,37,38)/t24-/m1/s1. The van der Waals surface area contributed by atoms with Crippen LogP contribution in [0.1, 0.15) is 54.4 Å². The zero-order chi connectivity index (χ0) is 32.1. The number of sulfonamides is 1. The lowest BCUT2D eigenvalue weighted by atomic mass is 9.88. The Bertz CT molecular complexity index is 1740. The van der Waals surface area contributed by atoms with Crippen LogP contribution in [-0.2, 0) is 16.6 Å². The highest BCUT2D eigenvalue weighted by atomic mass is 32.2. The summed E-state index contributed by atoms with van der Waals surface area (Å²) in [5.41, 5.74) is 3.40. The van der Waals surface area contributed by atoms with Gasteiger partial charge in [-0.1, -0.05) is 51.1 Å². The van der Waals surface area contributed by atoms with Gasteiger partial charge in [-0.25, -0.2) is 27.9 Å². The molecule has 232 valence electrons. The lowest BCUT2D eigenvalue weighted by Crippen LogP contribution is -2.37. The van der Waals surface area contributed by atoms with E-state index in [0.29, 0.717) is 24.4 Å². The van der Waals surface area contributed by atoms with Crippen molar-refractivity contribution >= 4 is 21.9 Å². The Labute approximate surface area is 256 Å². The van der Waals surface area contributed by atoms with Crippen LogP contribution in [-0.4, -0.2) is 47.1 Å². The van der Waals surface area contributed by atoms with E-state index in [1.54, 1.807) is 18.2 Å². The molecule has 2 heterocycles. The highest BCUT2D eigenvalue weighted by molar-refractivity contribution is 7.92. The Morgan fingerprint density at radius 2 is 1.66 bits per heavy atom. The van der Waals surface area contributed by atoms with E-state index < -0.39 is 21.9 Å². The van der Waals surface area contributed by atoms with E-state index in [4.69, 9.17) is 4.74 Å². The topological polar surface area (TPSA) is 143 Å². The first-order valence-electron chi connectivity index (χ1n) is 14.0. The summed E-state index contributed by atoms with van der Waals surface area (Å²) in [5, 5.41) is 12.7. The van der Waals surface area contributed by atoms with Crippen molar-refractivity contribution in [2.24, 2.45) is 5.41 Å². The van der Waals surface area contributed by atoms with Crippen LogP contribution in [0.4, 0.5) is 10.3 Å². The van der Waals surface area contributed by atoms with E-state index in [1.807, 2.05) is 32.0 Å². The van der Waals surface area contributed by atoms with Crippen LogP contribution in [0.25, 0.3) is 11.3 Å². The van der Waals surface area contributed by atoms with Gasteiger partial charge in [0.15, 0.2) is 0 Å². The molecule has 0 saturated heterocycles. The van der Waals surface area contributed by atoms with Crippen molar-refractivity contribution in [1.82, 2.24) is 20.3 Å². The van der Waals surface area contributed by atoms with Gasteiger partial charge in [-0.15, -0.1) is 0 Å². The third-order valence-corrected chi connectivity index (χ3v) is 8.02. The molecule has 0 spiro atoms. The zero-order valence-electron chi connectivity index (χ0n) is 25.3. The quantitative estimate of drug-likeness (QED) is 0.168. The first kappa shape index (κ1) is 32.5. The van der Waals surface area contributed by atoms with E-state index in [1.165, 1.54) is 24.3 Å². The number of halogens is 1. The summed E-state index contributed by atoms with van der Waals surface area (Å²) in [7, 11) is -4.25. The third-order valence-electron chi connectivity index (χ3n) is 6.69. The molecule has 12 heteroatoms. The fourth-order valence-electron chi connectivity index (χ4n) is 4.78. The summed E-state index contributed by atoms with van der Waals surface area (Å²) in [6, 6.07) is 16.9. The summed E-state index contributed by atoms with van der Waals surface area (Å²) in [6.45, 7) is 10.6. The second kappa shape index (κ2) is 13.5. The molecule has 0 saturated carbocycles. The zero-order valence-corrected chi connectivity index (χ0v) is 26.1. The summed E-state index contributed by atoms with van der Waals surface area (Å²) in [4.78, 5) is 24.0. The molecule has 3 N–H and O–H groups in total. The van der Waals surface area contributed by atoms with E-state index in [0.717, 1.165) is 22.8 Å². The highest BCUT2D eigenvalue weighted by Gasteiger charge is 2.22. The number of anilines is 1. The Morgan fingerprint density at radius 3 is 2.32 bits per heavy atom. The van der Waals surface area contributed by atoms with Gasteiger partial charge >= 0.3 is 5.97 Å². The van der Waals surface area contributed by atoms with Gasteiger partial charge in [0.05, 0.1) is 21.8 Å². The minimum Gasteiger partial charge on any atom is -0.478 e. The Morgan fingerprint density at radius 1 is 0.977 bits per heavy atom. The first-order valence-corrected chi connectivity index (χ1v) is 15.5. The molecular weight excluding hydrogens is 585 g/mol. The maximum Gasteiger partial charge on any atom is 0.335 e. The number of rotatable bonds is 12. The molecule has 1 atom stereocenters. The molecule has 2 aromatic carbocycles. The summed E-state index contributed by atoms with van der Waals surface area (Å²) in [5.74, 6) is -1.90. The average Bonchev–Trinajstić information content (AvgIpc) is 2.93. The number of nitrogens with zero attached hydrogens (tertiary/aromatic N) is 3. The average molecular weight is 622 g/mol. The minimum absolute atomic E-state index is 0.0726. The predicted octanol–water partition coefficient (Wildman–Crippen LogP) is 5.77. The van der Waals surface area contributed by atoms with Gasteiger partial charge in [-0.2, -0.15) is 9.37 Å². The van der Waals surface area contributed by atoms with Gasteiger partial charge in [-0.05, 0) is 67.1 Å². The largest absolute Gasteiger partial charge is 0.478 e. The Balaban J connectivity index is 1.66. The number of nitrogens with one attached hydrogen (secondary N) is 2. The molecule has 4 aromatic rings. The molecule has 4 rings (SSSR count). The van der Waals surface area contributed by atoms with Crippen LogP contribution in [0.3, 0.4) is 0 Å². The van der Waals surface area contributed by atoms with Crippen LogP contribution in [0, 0.1) is 25.2 Å². The van der Waals surface area contributed by atoms with Crippen LogP contribution in [0.15, 0.2) is 71.6 Å². The van der Waals surface area contributed by atoms with E-state index in [-0.39, 0.29) is 40.4 Å². The van der Waals surface area contributed by atoms with Gasteiger partial charge in [0.1, 0.15) is 6.61 Å². The molecule has 0 fully saturated rings. The summed E-state index contributed by atoms with van der Waals surface area (Å²) < 4.78 is 48.7. The van der Waals surface area contributed by atoms with Crippen molar-refractivity contribution in [2.75, 3.05) is 11.3 Å². The molecule has 0 aliphatic rings. The molecule has 0 unspecified atom stereocenters. The molecule has 0 aliphatic heterocycles. The molecule has 0 radical (unpaired) electrons. The number of pyridine rings is 1. The number of carboxylic acids is 1. The van der Waals surface area contributed by atoms with Crippen molar-refractivity contribution in [3.8, 4) is 17.1 Å². The lowest BCUT2D eigenvalue weighted by Gasteiger charge is -2.27. The smallest absolute Gasteiger partial charge is 0.335 e. The number of carboxylic acid groups (broad SMARTS) is 1. The number of aromatic nitrogens is 3. The van der Waals surface area contributed by atoms with Crippen molar-refractivity contribution in [2.45, 2.75) is 58.5 Å². The number of carbonyl (C=O) groups is 1. The molecule has 0 amide bonds. The van der Waals surface area contributed by atoms with Gasteiger partial charge in [-0.3, -0.25) is 0 Å². The van der Waals surface area contributed by atoms with Crippen molar-refractivity contribution < 1.29 is 27.4 Å². The Kier molecular flexibility index (Phi) is 9.95. The van der Waals surface area contributed by atoms with Crippen molar-refractivity contribution in [3.63, 3.8) is 0 Å². The second-order valence-corrected chi connectivity index (χ2v) is 13.4. The maximum atomic E-state index is 13.6. The summed E-state index contributed by atoms with van der Waals surface area (Å²) in [6.07, 6.45) is 0.705. The fourth-order valence-corrected chi connectivity index (χ4v) is 5.77. The van der Waals surface area contributed by atoms with Crippen LogP contribution < -0.4 is 14.8 Å². The van der Waals surface area contributed by atoms with E-state index >= 15 is 0 Å². The SMILES string of the molecule is Cc1cccc(C)c1-c1cc(OC[C@@H](CC(C)(C)C)NCc2cccc(F)n2)nc(NS(=O)(=O)c2cccc(C(=O)O)c2)n1. The molecule has 0 bridgehead atoms. The maximum absolute atomic E-state index is 13.6. The van der Waals surface area contributed by atoms with Gasteiger partial charge < -0.3 is 15.2 Å². The molecule has 0 aliphatic carbocycles. The molecule has 10 nitrogen and oxygen atoms in total. The number of hydrogen-bond donors (Lipinski definition) is 3. The second-order valence-electron chi connectivity index (χ2n) is 11.7. The van der Waals surface area contributed by atoms with Crippen LogP contribution >= 0.6 is 0 Å². The van der Waals surface area contributed by atoms with Crippen LogP contribution in [0.5, 0.6) is 5.88 Å². The van der Waals surface area contributed by atoms with Crippen molar-refractivity contribution in [3.05, 3.63) is 95.1 Å². The third kappa shape index (κ3) is 8.80. The molecule has 44 heavy (non-hydrogen) atoms. The number of aromatic carboxylic acids is 1. The van der Waals surface area contributed by atoms with E-state index in [9.17, 15) is 22.7 Å². The predicted molar refractivity (Wildman–Crippen MR) is 166 cm³/mol. The summed E-state index contributed by atoms with van der Waals surface area (Å²) >= 11 is 0. The first-order chi connectivity index (χ1) is 20.7.